The van der Waals surface area contributed by atoms with Gasteiger partial charge in [-0.25, -0.2) is 17.2 Å². The lowest BCUT2D eigenvalue weighted by Gasteiger charge is -2.29. The van der Waals surface area contributed by atoms with Crippen molar-refractivity contribution < 1.29 is 22.0 Å². The molecule has 10 heteroatoms. The number of nitrogens with one attached hydrogen (secondary N) is 1. The zero-order chi connectivity index (χ0) is 16.3. The van der Waals surface area contributed by atoms with Crippen LogP contribution in [0.4, 0.5) is 8.78 Å². The standard InChI is InChI=1S/C13H17F2N3O3S.ClH/c1-17(9-13(19)18-6-4-16-5-7-18)22(20,21)10-2-3-11(14)12(15)8-10;/h2-3,8,16H,4-7,9H2,1H3;1H. The number of halogens is 3. The van der Waals surface area contributed by atoms with Crippen LogP contribution in [0.5, 0.6) is 0 Å². The number of hydrogen-bond donors (Lipinski definition) is 1. The van der Waals surface area contributed by atoms with E-state index in [4.69, 9.17) is 0 Å². The summed E-state index contributed by atoms with van der Waals surface area (Å²) < 4.78 is 51.4. The number of carbonyl (C=O) groups excluding carboxylic acids is 1. The maximum atomic E-state index is 13.2. The van der Waals surface area contributed by atoms with Gasteiger partial charge in [0, 0.05) is 33.2 Å². The Morgan fingerprint density at radius 3 is 2.43 bits per heavy atom. The van der Waals surface area contributed by atoms with Crippen molar-refractivity contribution in [2.24, 2.45) is 0 Å². The van der Waals surface area contributed by atoms with Crippen molar-refractivity contribution in [2.45, 2.75) is 4.90 Å². The van der Waals surface area contributed by atoms with E-state index in [-0.39, 0.29) is 29.8 Å². The van der Waals surface area contributed by atoms with E-state index in [0.29, 0.717) is 32.2 Å². The number of likely N-dealkylation sites (N-methyl/N-ethyl adjacent to an activating group) is 1. The molecule has 1 N–H and O–H groups in total. The van der Waals surface area contributed by atoms with Crippen molar-refractivity contribution in [3.05, 3.63) is 29.8 Å². The summed E-state index contributed by atoms with van der Waals surface area (Å²) in [6, 6.07) is 2.32. The lowest BCUT2D eigenvalue weighted by molar-refractivity contribution is -0.131. The molecule has 0 bridgehead atoms. The third-order valence-corrected chi connectivity index (χ3v) is 5.23. The van der Waals surface area contributed by atoms with Gasteiger partial charge in [0.05, 0.1) is 11.4 Å². The average Bonchev–Trinajstić information content (AvgIpc) is 2.50. The fourth-order valence-corrected chi connectivity index (χ4v) is 3.24. The van der Waals surface area contributed by atoms with Crippen molar-refractivity contribution in [3.8, 4) is 0 Å². The number of rotatable bonds is 4. The first-order valence-electron chi connectivity index (χ1n) is 6.72. The molecule has 1 aromatic carbocycles. The predicted molar refractivity (Wildman–Crippen MR) is 82.9 cm³/mol. The smallest absolute Gasteiger partial charge is 0.243 e. The van der Waals surface area contributed by atoms with E-state index in [1.807, 2.05) is 0 Å². The van der Waals surface area contributed by atoms with Crippen molar-refractivity contribution >= 4 is 28.3 Å². The summed E-state index contributed by atoms with van der Waals surface area (Å²) in [5.41, 5.74) is 0. The minimum absolute atomic E-state index is 0. The van der Waals surface area contributed by atoms with Gasteiger partial charge in [0.1, 0.15) is 0 Å². The molecule has 1 aliphatic heterocycles. The van der Waals surface area contributed by atoms with E-state index in [1.165, 1.54) is 7.05 Å². The van der Waals surface area contributed by atoms with Gasteiger partial charge in [-0.3, -0.25) is 4.79 Å². The van der Waals surface area contributed by atoms with E-state index < -0.39 is 21.7 Å². The Labute approximate surface area is 139 Å². The highest BCUT2D eigenvalue weighted by Gasteiger charge is 2.26. The third kappa shape index (κ3) is 4.60. The Bertz CT molecular complexity index is 666. The van der Waals surface area contributed by atoms with Crippen LogP contribution >= 0.6 is 12.4 Å². The SMILES string of the molecule is CN(CC(=O)N1CCNCC1)S(=O)(=O)c1ccc(F)c(F)c1.Cl. The van der Waals surface area contributed by atoms with Gasteiger partial charge in [-0.1, -0.05) is 0 Å². The molecule has 1 fully saturated rings. The molecule has 1 amide bonds. The predicted octanol–water partition coefficient (Wildman–Crippen LogP) is 0.439. The number of carbonyl (C=O) groups is 1. The van der Waals surface area contributed by atoms with Crippen LogP contribution < -0.4 is 5.32 Å². The van der Waals surface area contributed by atoms with Crippen LogP contribution in [0.15, 0.2) is 23.1 Å². The van der Waals surface area contributed by atoms with Gasteiger partial charge in [0.25, 0.3) is 0 Å². The normalized spacial score (nSPS) is 15.4. The van der Waals surface area contributed by atoms with E-state index in [9.17, 15) is 22.0 Å². The van der Waals surface area contributed by atoms with Crippen LogP contribution in [0.25, 0.3) is 0 Å². The summed E-state index contributed by atoms with van der Waals surface area (Å²) in [5.74, 6) is -2.70. The number of sulfonamides is 1. The van der Waals surface area contributed by atoms with Gasteiger partial charge >= 0.3 is 0 Å². The maximum absolute atomic E-state index is 13.2. The highest BCUT2D eigenvalue weighted by Crippen LogP contribution is 2.17. The summed E-state index contributed by atoms with van der Waals surface area (Å²) in [6.45, 7) is 1.99. The van der Waals surface area contributed by atoms with Crippen molar-refractivity contribution in [2.75, 3.05) is 39.8 Å². The van der Waals surface area contributed by atoms with Crippen LogP contribution in [0.2, 0.25) is 0 Å². The molecule has 1 aromatic rings. The minimum Gasteiger partial charge on any atom is -0.339 e. The molecule has 1 saturated heterocycles. The second kappa shape index (κ2) is 8.00. The molecular formula is C13H18ClF2N3O3S. The number of nitrogens with zero attached hydrogens (tertiary/aromatic N) is 2. The Kier molecular flexibility index (Phi) is 6.87. The average molecular weight is 370 g/mol. The van der Waals surface area contributed by atoms with Crippen LogP contribution in [0, 0.1) is 11.6 Å². The van der Waals surface area contributed by atoms with Crippen LogP contribution in [-0.2, 0) is 14.8 Å². The Morgan fingerprint density at radius 1 is 1.26 bits per heavy atom. The molecular weight excluding hydrogens is 352 g/mol. The quantitative estimate of drug-likeness (QED) is 0.836. The summed E-state index contributed by atoms with van der Waals surface area (Å²) in [6.07, 6.45) is 0. The monoisotopic (exact) mass is 369 g/mol. The number of piperazine rings is 1. The highest BCUT2D eigenvalue weighted by molar-refractivity contribution is 7.89. The van der Waals surface area contributed by atoms with Crippen molar-refractivity contribution in [1.82, 2.24) is 14.5 Å². The number of hydrogen-bond acceptors (Lipinski definition) is 4. The minimum atomic E-state index is -4.05. The summed E-state index contributed by atoms with van der Waals surface area (Å²) >= 11 is 0. The molecule has 0 spiro atoms. The zero-order valence-corrected chi connectivity index (χ0v) is 14.1. The Hall–Kier alpha value is -1.29. The summed E-state index contributed by atoms with van der Waals surface area (Å²) in [7, 11) is -2.82. The highest BCUT2D eigenvalue weighted by atomic mass is 35.5. The van der Waals surface area contributed by atoms with Gasteiger partial charge < -0.3 is 10.2 Å². The molecule has 2 rings (SSSR count). The topological polar surface area (TPSA) is 69.7 Å². The lowest BCUT2D eigenvalue weighted by atomic mass is 10.3. The molecule has 23 heavy (non-hydrogen) atoms. The van der Waals surface area contributed by atoms with Crippen LogP contribution in [0.3, 0.4) is 0 Å². The fraction of sp³-hybridized carbons (Fsp3) is 0.462. The summed E-state index contributed by atoms with van der Waals surface area (Å²) in [5, 5.41) is 3.09. The second-order valence-corrected chi connectivity index (χ2v) is 7.01. The van der Waals surface area contributed by atoms with Gasteiger partial charge in [0.2, 0.25) is 15.9 Å². The van der Waals surface area contributed by atoms with E-state index in [0.717, 1.165) is 16.4 Å². The first-order chi connectivity index (χ1) is 10.3. The molecule has 0 atom stereocenters. The van der Waals surface area contributed by atoms with Gasteiger partial charge in [0.15, 0.2) is 11.6 Å². The van der Waals surface area contributed by atoms with Crippen molar-refractivity contribution in [3.63, 3.8) is 0 Å². The molecule has 0 saturated carbocycles. The molecule has 0 aliphatic carbocycles. The maximum Gasteiger partial charge on any atom is 0.243 e. The van der Waals surface area contributed by atoms with Crippen LogP contribution in [0.1, 0.15) is 0 Å². The lowest BCUT2D eigenvalue weighted by Crippen LogP contribution is -2.49. The Balaban J connectivity index is 0.00000264. The second-order valence-electron chi connectivity index (χ2n) is 4.97. The molecule has 0 unspecified atom stereocenters. The molecule has 6 nitrogen and oxygen atoms in total. The molecule has 0 aromatic heterocycles. The van der Waals surface area contributed by atoms with E-state index in [1.54, 1.807) is 4.90 Å². The van der Waals surface area contributed by atoms with Crippen molar-refractivity contribution in [1.29, 1.82) is 0 Å². The first-order valence-corrected chi connectivity index (χ1v) is 8.16. The molecule has 1 aliphatic rings. The van der Waals surface area contributed by atoms with Gasteiger partial charge in [-0.05, 0) is 18.2 Å². The number of amides is 1. The zero-order valence-electron chi connectivity index (χ0n) is 12.5. The molecule has 130 valence electrons. The first kappa shape index (κ1) is 19.8. The van der Waals surface area contributed by atoms with Crippen LogP contribution in [-0.4, -0.2) is 63.3 Å². The Morgan fingerprint density at radius 2 is 1.87 bits per heavy atom. The van der Waals surface area contributed by atoms with Gasteiger partial charge in [-0.15, -0.1) is 12.4 Å². The van der Waals surface area contributed by atoms with E-state index >= 15 is 0 Å². The largest absolute Gasteiger partial charge is 0.339 e. The van der Waals surface area contributed by atoms with E-state index in [2.05, 4.69) is 5.32 Å². The number of benzene rings is 1. The van der Waals surface area contributed by atoms with Gasteiger partial charge in [-0.2, -0.15) is 4.31 Å². The third-order valence-electron chi connectivity index (χ3n) is 3.43. The fourth-order valence-electron chi connectivity index (χ4n) is 2.11. The summed E-state index contributed by atoms with van der Waals surface area (Å²) in [4.78, 5) is 13.2. The molecule has 1 heterocycles. The molecule has 0 radical (unpaired) electrons.